The fourth-order valence-corrected chi connectivity index (χ4v) is 1.82. The molecule has 8 heteroatoms. The van der Waals surface area contributed by atoms with Gasteiger partial charge in [0.2, 0.25) is 11.8 Å². The normalized spacial score (nSPS) is 11.2. The van der Waals surface area contributed by atoms with Gasteiger partial charge in [0.25, 0.3) is 5.91 Å². The van der Waals surface area contributed by atoms with Gasteiger partial charge in [0.05, 0.1) is 14.2 Å². The topological polar surface area (TPSA) is 99.4 Å². The van der Waals surface area contributed by atoms with E-state index in [9.17, 15) is 4.79 Å². The maximum Gasteiger partial charge on any atom is 0.262 e. The van der Waals surface area contributed by atoms with E-state index in [0.717, 1.165) is 19.3 Å². The van der Waals surface area contributed by atoms with Gasteiger partial charge in [-0.25, -0.2) is 9.97 Å². The van der Waals surface area contributed by atoms with E-state index in [0.29, 0.717) is 6.54 Å². The molecule has 0 aliphatic rings. The number of hydrogen-bond donors (Lipinski definition) is 2. The molecule has 1 heterocycles. The van der Waals surface area contributed by atoms with E-state index in [1.807, 2.05) is 0 Å². The van der Waals surface area contributed by atoms with Gasteiger partial charge in [0.1, 0.15) is 6.33 Å². The molecule has 1 aromatic rings. The van der Waals surface area contributed by atoms with Crippen LogP contribution >= 0.6 is 12.4 Å². The van der Waals surface area contributed by atoms with Crippen LogP contribution in [0.4, 0.5) is 0 Å². The number of carbonyl (C=O) groups is 1. The van der Waals surface area contributed by atoms with Crippen LogP contribution in [0.2, 0.25) is 0 Å². The number of carbonyl (C=O) groups excluding carboxylic acids is 1. The number of amides is 1. The van der Waals surface area contributed by atoms with Crippen LogP contribution in [0.1, 0.15) is 36.5 Å². The molecule has 21 heavy (non-hydrogen) atoms. The van der Waals surface area contributed by atoms with E-state index in [-0.39, 0.29) is 41.7 Å². The lowest BCUT2D eigenvalue weighted by Crippen LogP contribution is -2.40. The summed E-state index contributed by atoms with van der Waals surface area (Å²) in [5.41, 5.74) is 5.86. The zero-order chi connectivity index (χ0) is 15.0. The van der Waals surface area contributed by atoms with E-state index in [1.165, 1.54) is 20.5 Å². The van der Waals surface area contributed by atoms with Crippen molar-refractivity contribution in [3.63, 3.8) is 0 Å². The number of nitrogens with zero attached hydrogens (tertiary/aromatic N) is 2. The van der Waals surface area contributed by atoms with Crippen molar-refractivity contribution in [3.05, 3.63) is 11.9 Å². The molecule has 1 rings (SSSR count). The van der Waals surface area contributed by atoms with Gasteiger partial charge >= 0.3 is 0 Å². The minimum atomic E-state index is -0.342. The summed E-state index contributed by atoms with van der Waals surface area (Å²) < 4.78 is 10.2. The number of methoxy groups -OCH3 is 2. The third-order valence-corrected chi connectivity index (χ3v) is 2.92. The quantitative estimate of drug-likeness (QED) is 0.746. The molecule has 1 unspecified atom stereocenters. The van der Waals surface area contributed by atoms with Gasteiger partial charge in [-0.15, -0.1) is 12.4 Å². The van der Waals surface area contributed by atoms with Crippen molar-refractivity contribution in [2.75, 3.05) is 20.8 Å². The van der Waals surface area contributed by atoms with Crippen molar-refractivity contribution < 1.29 is 14.3 Å². The molecule has 0 radical (unpaired) electrons. The van der Waals surface area contributed by atoms with Crippen molar-refractivity contribution in [1.82, 2.24) is 15.3 Å². The number of hydrogen-bond acceptors (Lipinski definition) is 6. The van der Waals surface area contributed by atoms with Crippen molar-refractivity contribution in [1.29, 1.82) is 0 Å². The Morgan fingerprint density at radius 2 is 1.90 bits per heavy atom. The Labute approximate surface area is 131 Å². The van der Waals surface area contributed by atoms with Crippen molar-refractivity contribution >= 4 is 18.3 Å². The van der Waals surface area contributed by atoms with Gasteiger partial charge in [0, 0.05) is 12.6 Å². The van der Waals surface area contributed by atoms with Crippen molar-refractivity contribution in [2.45, 2.75) is 32.2 Å². The largest absolute Gasteiger partial charge is 0.480 e. The Morgan fingerprint density at radius 3 is 2.33 bits per heavy atom. The minimum Gasteiger partial charge on any atom is -0.480 e. The molecule has 0 saturated heterocycles. The summed E-state index contributed by atoms with van der Waals surface area (Å²) in [5.74, 6) is 0.0204. The lowest BCUT2D eigenvalue weighted by molar-refractivity contribution is 0.0927. The number of unbranched alkanes of at least 4 members (excludes halogenated alkanes) is 1. The molecule has 0 aliphatic carbocycles. The first-order valence-corrected chi connectivity index (χ1v) is 6.61. The SMILES string of the molecule is CCCCC(CN)NC(=O)c1c(OC)ncnc1OC.Cl. The van der Waals surface area contributed by atoms with E-state index >= 15 is 0 Å². The Balaban J connectivity index is 0.00000400. The van der Waals surface area contributed by atoms with Crippen LogP contribution in [-0.4, -0.2) is 42.7 Å². The van der Waals surface area contributed by atoms with Gasteiger partial charge < -0.3 is 20.5 Å². The second-order valence-electron chi connectivity index (χ2n) is 4.32. The molecule has 0 aromatic carbocycles. The van der Waals surface area contributed by atoms with Crippen LogP contribution in [0.3, 0.4) is 0 Å². The second kappa shape index (κ2) is 10.2. The van der Waals surface area contributed by atoms with Gasteiger partial charge in [0.15, 0.2) is 5.56 Å². The predicted octanol–water partition coefficient (Wildman–Crippen LogP) is 1.16. The molecule has 1 amide bonds. The summed E-state index contributed by atoms with van der Waals surface area (Å²) in [5, 5.41) is 2.86. The molecule has 0 spiro atoms. The van der Waals surface area contributed by atoms with Crippen LogP contribution in [-0.2, 0) is 0 Å². The van der Waals surface area contributed by atoms with E-state index in [4.69, 9.17) is 15.2 Å². The first-order valence-electron chi connectivity index (χ1n) is 6.61. The molecule has 3 N–H and O–H groups in total. The van der Waals surface area contributed by atoms with Crippen LogP contribution < -0.4 is 20.5 Å². The molecule has 0 aliphatic heterocycles. The number of aromatic nitrogens is 2. The zero-order valence-electron chi connectivity index (χ0n) is 12.6. The molecule has 1 aromatic heterocycles. The first-order chi connectivity index (χ1) is 9.67. The average molecular weight is 319 g/mol. The van der Waals surface area contributed by atoms with Crippen molar-refractivity contribution in [3.8, 4) is 11.8 Å². The number of rotatable bonds is 8. The molecule has 120 valence electrons. The standard InChI is InChI=1S/C13H22N4O3.ClH/c1-4-5-6-9(7-14)17-11(18)10-12(19-2)15-8-16-13(10)20-3;/h8-9H,4-7,14H2,1-3H3,(H,17,18);1H. The van der Waals surface area contributed by atoms with Crippen LogP contribution in [0.5, 0.6) is 11.8 Å². The Bertz CT molecular complexity index is 423. The Morgan fingerprint density at radius 1 is 1.33 bits per heavy atom. The van der Waals surface area contributed by atoms with E-state index < -0.39 is 0 Å². The van der Waals surface area contributed by atoms with Crippen LogP contribution in [0.25, 0.3) is 0 Å². The number of nitrogens with two attached hydrogens (primary N) is 1. The summed E-state index contributed by atoms with van der Waals surface area (Å²) in [6.07, 6.45) is 4.16. The number of nitrogens with one attached hydrogen (secondary N) is 1. The third kappa shape index (κ3) is 5.35. The highest BCUT2D eigenvalue weighted by molar-refractivity contribution is 5.98. The summed E-state index contributed by atoms with van der Waals surface area (Å²) >= 11 is 0. The minimum absolute atomic E-state index is 0. The fraction of sp³-hybridized carbons (Fsp3) is 0.615. The van der Waals surface area contributed by atoms with Gasteiger partial charge in [-0.2, -0.15) is 0 Å². The second-order valence-corrected chi connectivity index (χ2v) is 4.32. The first kappa shape index (κ1) is 19.4. The molecule has 0 saturated carbocycles. The van der Waals surface area contributed by atoms with Gasteiger partial charge in [-0.3, -0.25) is 4.79 Å². The summed E-state index contributed by atoms with van der Waals surface area (Å²) in [6.45, 7) is 2.47. The summed E-state index contributed by atoms with van der Waals surface area (Å²) in [6, 6.07) is -0.0860. The Hall–Kier alpha value is -1.60. The molecule has 7 nitrogen and oxygen atoms in total. The molecule has 0 fully saturated rings. The van der Waals surface area contributed by atoms with Crippen LogP contribution in [0.15, 0.2) is 6.33 Å². The fourth-order valence-electron chi connectivity index (χ4n) is 1.82. The lowest BCUT2D eigenvalue weighted by atomic mass is 10.1. The predicted molar refractivity (Wildman–Crippen MR) is 82.2 cm³/mol. The van der Waals surface area contributed by atoms with Crippen molar-refractivity contribution in [2.24, 2.45) is 5.73 Å². The van der Waals surface area contributed by atoms with Gasteiger partial charge in [-0.1, -0.05) is 19.8 Å². The molecule has 1 atom stereocenters. The number of halogens is 1. The highest BCUT2D eigenvalue weighted by Gasteiger charge is 2.22. The molecular weight excluding hydrogens is 296 g/mol. The maximum atomic E-state index is 12.3. The summed E-state index contributed by atoms with van der Waals surface area (Å²) in [7, 11) is 2.88. The Kier molecular flexibility index (Phi) is 9.40. The highest BCUT2D eigenvalue weighted by Crippen LogP contribution is 2.23. The third-order valence-electron chi connectivity index (χ3n) is 2.92. The average Bonchev–Trinajstić information content (AvgIpc) is 2.50. The smallest absolute Gasteiger partial charge is 0.262 e. The summed E-state index contributed by atoms with van der Waals surface area (Å²) in [4.78, 5) is 20.2. The maximum absolute atomic E-state index is 12.3. The monoisotopic (exact) mass is 318 g/mol. The van der Waals surface area contributed by atoms with E-state index in [2.05, 4.69) is 22.2 Å². The van der Waals surface area contributed by atoms with Crippen LogP contribution in [0, 0.1) is 0 Å². The molecule has 0 bridgehead atoms. The molecular formula is C13H23ClN4O3. The highest BCUT2D eigenvalue weighted by atomic mass is 35.5. The lowest BCUT2D eigenvalue weighted by Gasteiger charge is -2.17. The van der Waals surface area contributed by atoms with Gasteiger partial charge in [-0.05, 0) is 6.42 Å². The zero-order valence-corrected chi connectivity index (χ0v) is 13.4. The van der Waals surface area contributed by atoms with E-state index in [1.54, 1.807) is 0 Å². The number of ether oxygens (including phenoxy) is 2.